The summed E-state index contributed by atoms with van der Waals surface area (Å²) in [6, 6.07) is 0. The number of hydrogen-bond acceptors (Lipinski definition) is 9. The normalized spacial score (nSPS) is 30.2. The monoisotopic (exact) mass is 441 g/mol. The van der Waals surface area contributed by atoms with Crippen molar-refractivity contribution in [3.05, 3.63) is 5.82 Å². The molecule has 3 heterocycles. The van der Waals surface area contributed by atoms with Gasteiger partial charge >= 0.3 is 0 Å². The van der Waals surface area contributed by atoms with Gasteiger partial charge in [-0.25, -0.2) is 4.98 Å². The molecule has 1 aliphatic rings. The maximum atomic E-state index is 11.3. The molecular weight excluding hydrogens is 378 g/mol. The number of rotatable bonds is 6. The molecule has 4 atom stereocenters. The summed E-state index contributed by atoms with van der Waals surface area (Å²) in [6.07, 6.45) is -1.89. The molecular formula is C19H63N5O5. The van der Waals surface area contributed by atoms with E-state index in [0.717, 1.165) is 0 Å². The van der Waals surface area contributed by atoms with Gasteiger partial charge in [0.1, 0.15) is 23.1 Å². The molecule has 0 spiro atoms. The molecule has 1 aliphatic heterocycles. The second-order valence-corrected chi connectivity index (χ2v) is 8.03. The fourth-order valence-electron chi connectivity index (χ4n) is 4.04. The number of aliphatic hydroxyl groups excluding tert-OH is 1. The summed E-state index contributed by atoms with van der Waals surface area (Å²) in [4.78, 5) is 13.0. The number of aliphatic hydroxyl groups is 1. The maximum absolute atomic E-state index is 11.3. The summed E-state index contributed by atoms with van der Waals surface area (Å²) in [7, 11) is 3.15. The van der Waals surface area contributed by atoms with Crippen molar-refractivity contribution in [2.75, 3.05) is 26.6 Å². The Morgan fingerprint density at radius 1 is 1.28 bits per heavy atom. The Morgan fingerprint density at radius 2 is 1.93 bits per heavy atom. The van der Waals surface area contributed by atoms with E-state index in [1.165, 1.54) is 0 Å². The Balaban J connectivity index is -0.0000000501. The number of aryl methyl sites for hydroxylation is 1. The lowest BCUT2D eigenvalue weighted by molar-refractivity contribution is -0.234. The minimum atomic E-state index is -1.08. The second-order valence-electron chi connectivity index (χ2n) is 8.03. The third kappa shape index (κ3) is 2.89. The summed E-state index contributed by atoms with van der Waals surface area (Å²) in [5.41, 5.74) is 3.91. The summed E-state index contributed by atoms with van der Waals surface area (Å²) in [6.45, 7) is 11.5. The standard InChI is InChI=1S/C19H31N5O5.16H2/c1-9-28-14-11-13(22-16(20)23-14)24(10(2)21-11)15-12(25)18(5,27-8)19(6,29-15)17(3,4)26-7;;;;;;;;;;;;;;;;/h12,15,25H,9H2,1-8H3,(H2,20,22,23);16*1H/t12-,15-,18+,19-;;;;;;;;;;;;;;;;/m1................/s1. The van der Waals surface area contributed by atoms with Crippen LogP contribution in [0.2, 0.25) is 0 Å². The van der Waals surface area contributed by atoms with Crippen LogP contribution in [0.4, 0.5) is 5.95 Å². The van der Waals surface area contributed by atoms with Crippen LogP contribution in [0.15, 0.2) is 0 Å². The number of nitrogens with zero attached hydrogens (tertiary/aromatic N) is 4. The van der Waals surface area contributed by atoms with Gasteiger partial charge in [0.15, 0.2) is 17.4 Å². The van der Waals surface area contributed by atoms with Crippen LogP contribution in [0.5, 0.6) is 5.88 Å². The highest BCUT2D eigenvalue weighted by molar-refractivity contribution is 5.78. The largest absolute Gasteiger partial charge is 0.476 e. The predicted octanol–water partition coefficient (Wildman–Crippen LogP) is 5.53. The first-order chi connectivity index (χ1) is 13.5. The van der Waals surface area contributed by atoms with Crippen molar-refractivity contribution in [2.24, 2.45) is 0 Å². The number of methoxy groups -OCH3 is 2. The van der Waals surface area contributed by atoms with Crippen molar-refractivity contribution in [1.29, 1.82) is 0 Å². The molecule has 10 heteroatoms. The highest BCUT2D eigenvalue weighted by atomic mass is 16.6. The zero-order chi connectivity index (χ0) is 21.8. The lowest BCUT2D eigenvalue weighted by Gasteiger charge is -2.48. The van der Waals surface area contributed by atoms with Gasteiger partial charge in [0.25, 0.3) is 0 Å². The topological polar surface area (TPSA) is 127 Å². The molecule has 1 saturated heterocycles. The van der Waals surface area contributed by atoms with Gasteiger partial charge in [0, 0.05) is 37.0 Å². The van der Waals surface area contributed by atoms with E-state index in [1.54, 1.807) is 25.7 Å². The van der Waals surface area contributed by atoms with Gasteiger partial charge in [-0.15, -0.1) is 0 Å². The van der Waals surface area contributed by atoms with Gasteiger partial charge in [0.05, 0.1) is 12.2 Å². The third-order valence-electron chi connectivity index (χ3n) is 6.46. The third-order valence-corrected chi connectivity index (χ3v) is 6.46. The Kier molecular flexibility index (Phi) is 5.27. The Labute approximate surface area is 194 Å². The average Bonchev–Trinajstić information content (AvgIpc) is 3.09. The number of nitrogens with two attached hydrogens (primary N) is 1. The van der Waals surface area contributed by atoms with Crippen LogP contribution >= 0.6 is 0 Å². The van der Waals surface area contributed by atoms with Crippen molar-refractivity contribution < 1.29 is 46.9 Å². The summed E-state index contributed by atoms with van der Waals surface area (Å²) in [5.74, 6) is 0.908. The van der Waals surface area contributed by atoms with E-state index in [0.29, 0.717) is 29.5 Å². The molecule has 0 radical (unpaired) electrons. The van der Waals surface area contributed by atoms with Crippen LogP contribution in [0.1, 0.15) is 69.5 Å². The Morgan fingerprint density at radius 3 is 2.48 bits per heavy atom. The predicted molar refractivity (Wildman–Crippen MR) is 141 cm³/mol. The van der Waals surface area contributed by atoms with E-state index in [1.807, 2.05) is 34.6 Å². The number of aromatic nitrogens is 4. The van der Waals surface area contributed by atoms with E-state index in [9.17, 15) is 5.11 Å². The minimum absolute atomic E-state index is 0. The van der Waals surface area contributed by atoms with E-state index in [-0.39, 0.29) is 28.8 Å². The first-order valence-corrected chi connectivity index (χ1v) is 9.58. The van der Waals surface area contributed by atoms with Crippen LogP contribution in [-0.2, 0) is 14.2 Å². The molecule has 2 aromatic rings. The Hall–Kier alpha value is -2.01. The number of hydrogen-bond donors (Lipinski definition) is 2. The number of nitrogen functional groups attached to an aromatic ring is 1. The van der Waals surface area contributed by atoms with Crippen LogP contribution in [-0.4, -0.2) is 68.4 Å². The molecule has 29 heavy (non-hydrogen) atoms. The zero-order valence-corrected chi connectivity index (χ0v) is 18.3. The lowest BCUT2D eigenvalue weighted by Crippen LogP contribution is -2.64. The first-order valence-electron chi connectivity index (χ1n) is 9.58. The minimum Gasteiger partial charge on any atom is -0.476 e. The molecule has 2 aromatic heterocycles. The Bertz CT molecular complexity index is 958. The van der Waals surface area contributed by atoms with Crippen LogP contribution in [0.25, 0.3) is 11.2 Å². The van der Waals surface area contributed by atoms with Crippen LogP contribution in [0, 0.1) is 6.92 Å². The van der Waals surface area contributed by atoms with Gasteiger partial charge in [-0.05, 0) is 41.5 Å². The van der Waals surface area contributed by atoms with Crippen molar-refractivity contribution in [3.63, 3.8) is 0 Å². The molecule has 3 N–H and O–H groups in total. The molecule has 1 fully saturated rings. The number of imidazole rings is 1. The maximum Gasteiger partial charge on any atom is 0.247 e. The second kappa shape index (κ2) is 7.05. The summed E-state index contributed by atoms with van der Waals surface area (Å²) < 4.78 is 25.3. The molecule has 0 bridgehead atoms. The average molecular weight is 442 g/mol. The SMILES string of the molecule is CCOc1nc(N)nc2c1nc(C)n2[C@@H]1O[C@](C)(C(C)(C)OC)[C@@](C)(OC)[C@@H]1O.[HH].[HH].[HH].[HH].[HH].[HH].[HH].[HH].[HH].[HH].[HH].[HH].[HH].[HH].[HH].[HH]. The molecule has 10 nitrogen and oxygen atoms in total. The van der Waals surface area contributed by atoms with E-state index < -0.39 is 29.1 Å². The van der Waals surface area contributed by atoms with Crippen molar-refractivity contribution in [1.82, 2.24) is 19.5 Å². The summed E-state index contributed by atoms with van der Waals surface area (Å²) in [5, 5.41) is 11.3. The van der Waals surface area contributed by atoms with Crippen LogP contribution in [0.3, 0.4) is 0 Å². The van der Waals surface area contributed by atoms with Crippen molar-refractivity contribution >= 4 is 17.1 Å². The van der Waals surface area contributed by atoms with Gasteiger partial charge in [-0.1, -0.05) is 0 Å². The number of fused-ring (bicyclic) bond motifs is 1. The lowest BCUT2D eigenvalue weighted by atomic mass is 9.73. The fraction of sp³-hybridized carbons (Fsp3) is 0.737. The highest BCUT2D eigenvalue weighted by Crippen LogP contribution is 2.53. The quantitative estimate of drug-likeness (QED) is 0.594. The molecule has 0 aliphatic carbocycles. The molecule has 3 rings (SSSR count). The van der Waals surface area contributed by atoms with E-state index >= 15 is 0 Å². The smallest absolute Gasteiger partial charge is 0.247 e. The summed E-state index contributed by atoms with van der Waals surface area (Å²) >= 11 is 0. The fourth-order valence-corrected chi connectivity index (χ4v) is 4.04. The molecule has 0 unspecified atom stereocenters. The van der Waals surface area contributed by atoms with Gasteiger partial charge < -0.3 is 29.8 Å². The molecule has 0 saturated carbocycles. The van der Waals surface area contributed by atoms with Crippen molar-refractivity contribution in [2.45, 2.75) is 70.7 Å². The number of anilines is 1. The first kappa shape index (κ1) is 21.7. The zero-order valence-electron chi connectivity index (χ0n) is 18.3. The molecule has 0 amide bonds. The van der Waals surface area contributed by atoms with Gasteiger partial charge in [0.2, 0.25) is 11.8 Å². The van der Waals surface area contributed by atoms with Gasteiger partial charge in [-0.3, -0.25) is 4.57 Å². The van der Waals surface area contributed by atoms with E-state index in [4.69, 9.17) is 24.7 Å². The molecule has 194 valence electrons. The number of ether oxygens (including phenoxy) is 4. The van der Waals surface area contributed by atoms with E-state index in [2.05, 4.69) is 15.0 Å². The van der Waals surface area contributed by atoms with Gasteiger partial charge in [-0.2, -0.15) is 9.97 Å². The highest BCUT2D eigenvalue weighted by Gasteiger charge is 2.68. The van der Waals surface area contributed by atoms with Crippen molar-refractivity contribution in [3.8, 4) is 5.88 Å². The molecule has 0 aromatic carbocycles. The van der Waals surface area contributed by atoms with Crippen LogP contribution < -0.4 is 10.5 Å².